The van der Waals surface area contributed by atoms with Crippen molar-refractivity contribution in [3.8, 4) is 0 Å². The summed E-state index contributed by atoms with van der Waals surface area (Å²) in [4.78, 5) is 26.1. The highest BCUT2D eigenvalue weighted by Gasteiger charge is 2.30. The molecule has 126 valence electrons. The SMILES string of the molecule is CN1CCc2ccc(NC(=O)[C@@H]3CC[C@H](CN)O3)cc2C1=O.Cl. The molecule has 1 aromatic rings. The number of anilines is 1. The van der Waals surface area contributed by atoms with Crippen LogP contribution in [0.4, 0.5) is 5.69 Å². The molecule has 2 aliphatic rings. The summed E-state index contributed by atoms with van der Waals surface area (Å²) in [6, 6.07) is 5.50. The predicted molar refractivity (Wildman–Crippen MR) is 89.9 cm³/mol. The highest BCUT2D eigenvalue weighted by molar-refractivity contribution is 6.00. The molecule has 0 aromatic heterocycles. The third kappa shape index (κ3) is 3.65. The maximum absolute atomic E-state index is 12.2. The summed E-state index contributed by atoms with van der Waals surface area (Å²) >= 11 is 0. The van der Waals surface area contributed by atoms with Gasteiger partial charge >= 0.3 is 0 Å². The minimum atomic E-state index is -0.456. The number of halogens is 1. The molecule has 0 unspecified atom stereocenters. The molecule has 0 radical (unpaired) electrons. The van der Waals surface area contributed by atoms with Crippen LogP contribution in [-0.4, -0.2) is 49.1 Å². The van der Waals surface area contributed by atoms with Crippen LogP contribution in [0.25, 0.3) is 0 Å². The highest BCUT2D eigenvalue weighted by Crippen LogP contribution is 2.24. The van der Waals surface area contributed by atoms with Crippen LogP contribution >= 0.6 is 12.4 Å². The molecule has 23 heavy (non-hydrogen) atoms. The Hall–Kier alpha value is -1.63. The molecule has 0 bridgehead atoms. The van der Waals surface area contributed by atoms with E-state index >= 15 is 0 Å². The van der Waals surface area contributed by atoms with Gasteiger partial charge in [-0.3, -0.25) is 9.59 Å². The Balaban J connectivity index is 0.00000192. The van der Waals surface area contributed by atoms with Gasteiger partial charge in [0.15, 0.2) is 0 Å². The Bertz CT molecular complexity index is 608. The molecule has 1 aromatic carbocycles. The molecule has 0 saturated carbocycles. The normalized spacial score (nSPS) is 23.2. The van der Waals surface area contributed by atoms with E-state index in [0.29, 0.717) is 24.2 Å². The van der Waals surface area contributed by atoms with Crippen molar-refractivity contribution in [2.75, 3.05) is 25.5 Å². The second-order valence-corrected chi connectivity index (χ2v) is 5.90. The molecule has 2 amide bonds. The number of benzene rings is 1. The quantitative estimate of drug-likeness (QED) is 0.866. The Morgan fingerprint density at radius 3 is 2.91 bits per heavy atom. The van der Waals surface area contributed by atoms with Gasteiger partial charge < -0.3 is 20.7 Å². The molecule has 0 spiro atoms. The van der Waals surface area contributed by atoms with Gasteiger partial charge in [0.2, 0.25) is 0 Å². The summed E-state index contributed by atoms with van der Waals surface area (Å²) in [5.74, 6) is -0.176. The number of fused-ring (bicyclic) bond motifs is 1. The summed E-state index contributed by atoms with van der Waals surface area (Å²) in [6.07, 6.45) is 1.84. The molecule has 3 rings (SSSR count). The first kappa shape index (κ1) is 17.7. The first-order chi connectivity index (χ1) is 10.6. The zero-order valence-corrected chi connectivity index (χ0v) is 13.9. The number of likely N-dealkylation sites (N-methyl/N-ethyl adjacent to an activating group) is 1. The third-order valence-corrected chi connectivity index (χ3v) is 4.33. The van der Waals surface area contributed by atoms with Crippen molar-refractivity contribution >= 4 is 29.9 Å². The van der Waals surface area contributed by atoms with Crippen molar-refractivity contribution in [2.45, 2.75) is 31.5 Å². The van der Waals surface area contributed by atoms with Gasteiger partial charge in [0, 0.05) is 31.4 Å². The van der Waals surface area contributed by atoms with Gasteiger partial charge in [0.25, 0.3) is 11.8 Å². The Kier molecular flexibility index (Phi) is 5.62. The van der Waals surface area contributed by atoms with E-state index in [0.717, 1.165) is 24.9 Å². The summed E-state index contributed by atoms with van der Waals surface area (Å²) < 4.78 is 5.58. The number of amides is 2. The molecule has 7 heteroatoms. The van der Waals surface area contributed by atoms with E-state index in [1.165, 1.54) is 0 Å². The first-order valence-electron chi connectivity index (χ1n) is 7.63. The van der Waals surface area contributed by atoms with E-state index in [4.69, 9.17) is 10.5 Å². The number of hydrogen-bond donors (Lipinski definition) is 2. The predicted octanol–water partition coefficient (Wildman–Crippen LogP) is 1.18. The van der Waals surface area contributed by atoms with Crippen molar-refractivity contribution in [1.29, 1.82) is 0 Å². The van der Waals surface area contributed by atoms with Crippen LogP contribution in [0.2, 0.25) is 0 Å². The zero-order chi connectivity index (χ0) is 15.7. The zero-order valence-electron chi connectivity index (χ0n) is 13.1. The topological polar surface area (TPSA) is 84.7 Å². The van der Waals surface area contributed by atoms with Crippen LogP contribution in [0.5, 0.6) is 0 Å². The first-order valence-corrected chi connectivity index (χ1v) is 7.63. The number of carbonyl (C=O) groups is 2. The lowest BCUT2D eigenvalue weighted by Crippen LogP contribution is -2.34. The summed E-state index contributed by atoms with van der Waals surface area (Å²) in [5, 5.41) is 2.84. The molecule has 2 aliphatic heterocycles. The number of carbonyl (C=O) groups excluding carboxylic acids is 2. The minimum absolute atomic E-state index is 0. The van der Waals surface area contributed by atoms with E-state index in [1.807, 2.05) is 12.1 Å². The fourth-order valence-electron chi connectivity index (χ4n) is 2.96. The number of ether oxygens (including phenoxy) is 1. The molecule has 0 aliphatic carbocycles. The number of rotatable bonds is 3. The lowest BCUT2D eigenvalue weighted by Gasteiger charge is -2.25. The molecule has 2 heterocycles. The molecule has 3 N–H and O–H groups in total. The van der Waals surface area contributed by atoms with Crippen molar-refractivity contribution in [1.82, 2.24) is 4.90 Å². The average molecular weight is 340 g/mol. The van der Waals surface area contributed by atoms with Crippen LogP contribution < -0.4 is 11.1 Å². The Labute approximate surface area is 141 Å². The van der Waals surface area contributed by atoms with Crippen LogP contribution in [0.3, 0.4) is 0 Å². The van der Waals surface area contributed by atoms with Crippen LogP contribution in [0.15, 0.2) is 18.2 Å². The van der Waals surface area contributed by atoms with Crippen LogP contribution in [-0.2, 0) is 16.0 Å². The number of nitrogens with one attached hydrogen (secondary N) is 1. The fourth-order valence-corrected chi connectivity index (χ4v) is 2.96. The van der Waals surface area contributed by atoms with Crippen molar-refractivity contribution in [3.63, 3.8) is 0 Å². The van der Waals surface area contributed by atoms with Gasteiger partial charge in [-0.25, -0.2) is 0 Å². The second kappa shape index (κ2) is 7.29. The van der Waals surface area contributed by atoms with Crippen molar-refractivity contribution in [2.24, 2.45) is 5.73 Å². The van der Waals surface area contributed by atoms with E-state index < -0.39 is 6.10 Å². The highest BCUT2D eigenvalue weighted by atomic mass is 35.5. The molecule has 2 atom stereocenters. The minimum Gasteiger partial charge on any atom is -0.364 e. The monoisotopic (exact) mass is 339 g/mol. The lowest BCUT2D eigenvalue weighted by molar-refractivity contribution is -0.126. The molecular formula is C16H22ClN3O3. The van der Waals surface area contributed by atoms with Gasteiger partial charge in [0.1, 0.15) is 6.10 Å². The summed E-state index contributed by atoms with van der Waals surface area (Å²) in [6.45, 7) is 1.16. The van der Waals surface area contributed by atoms with Gasteiger partial charge in [-0.2, -0.15) is 0 Å². The average Bonchev–Trinajstić information content (AvgIpc) is 3.00. The van der Waals surface area contributed by atoms with Gasteiger partial charge in [-0.1, -0.05) is 6.07 Å². The van der Waals surface area contributed by atoms with E-state index in [9.17, 15) is 9.59 Å². The maximum atomic E-state index is 12.2. The third-order valence-electron chi connectivity index (χ3n) is 4.33. The van der Waals surface area contributed by atoms with Gasteiger partial charge in [-0.15, -0.1) is 12.4 Å². The molecular weight excluding hydrogens is 318 g/mol. The smallest absolute Gasteiger partial charge is 0.253 e. The maximum Gasteiger partial charge on any atom is 0.253 e. The van der Waals surface area contributed by atoms with Gasteiger partial charge in [-0.05, 0) is 37.0 Å². The van der Waals surface area contributed by atoms with Crippen LogP contribution in [0.1, 0.15) is 28.8 Å². The largest absolute Gasteiger partial charge is 0.364 e. The Morgan fingerprint density at radius 2 is 2.22 bits per heavy atom. The number of hydrogen-bond acceptors (Lipinski definition) is 4. The van der Waals surface area contributed by atoms with E-state index in [-0.39, 0.29) is 30.3 Å². The van der Waals surface area contributed by atoms with Crippen molar-refractivity contribution in [3.05, 3.63) is 29.3 Å². The van der Waals surface area contributed by atoms with Crippen LogP contribution in [0, 0.1) is 0 Å². The summed E-state index contributed by atoms with van der Waals surface area (Å²) in [5.41, 5.74) is 7.88. The Morgan fingerprint density at radius 1 is 1.43 bits per heavy atom. The lowest BCUT2D eigenvalue weighted by atomic mass is 9.98. The summed E-state index contributed by atoms with van der Waals surface area (Å²) in [7, 11) is 1.79. The van der Waals surface area contributed by atoms with Gasteiger partial charge in [0.05, 0.1) is 6.10 Å². The molecule has 1 fully saturated rings. The van der Waals surface area contributed by atoms with E-state index in [1.54, 1.807) is 18.0 Å². The second-order valence-electron chi connectivity index (χ2n) is 5.90. The number of nitrogens with zero attached hydrogens (tertiary/aromatic N) is 1. The van der Waals surface area contributed by atoms with E-state index in [2.05, 4.69) is 5.32 Å². The number of nitrogens with two attached hydrogens (primary N) is 1. The fraction of sp³-hybridized carbons (Fsp3) is 0.500. The standard InChI is InChI=1S/C16H21N3O3.ClH/c1-19-7-6-10-2-3-11(8-13(10)16(19)21)18-15(20)14-5-4-12(9-17)22-14;/h2-3,8,12,14H,4-7,9,17H2,1H3,(H,18,20);1H/t12-,14+;/m1./s1. The van der Waals surface area contributed by atoms with Crippen molar-refractivity contribution < 1.29 is 14.3 Å². The molecule has 1 saturated heterocycles. The molecule has 6 nitrogen and oxygen atoms in total.